The lowest BCUT2D eigenvalue weighted by atomic mass is 10.1. The fourth-order valence-corrected chi connectivity index (χ4v) is 3.44. The molecule has 0 saturated carbocycles. The Bertz CT molecular complexity index is 727. The van der Waals surface area contributed by atoms with Crippen molar-refractivity contribution in [3.63, 3.8) is 0 Å². The average molecular weight is 336 g/mol. The number of amides is 1. The van der Waals surface area contributed by atoms with Crippen LogP contribution in [-0.2, 0) is 10.0 Å². The Balaban J connectivity index is 2.01. The van der Waals surface area contributed by atoms with Gasteiger partial charge < -0.3 is 9.73 Å². The van der Waals surface area contributed by atoms with Crippen LogP contribution in [0.1, 0.15) is 29.1 Å². The SMILES string of the molecule is CC(c1ccccc1)N(CCNC(=O)c1ccco1)S(C)(=O)=O. The molecule has 0 radical (unpaired) electrons. The molecular formula is C16H20N2O4S. The number of hydrogen-bond donors (Lipinski definition) is 1. The number of hydrogen-bond acceptors (Lipinski definition) is 4. The van der Waals surface area contributed by atoms with E-state index in [0.29, 0.717) is 0 Å². The maximum absolute atomic E-state index is 12.0. The molecule has 1 aromatic carbocycles. The number of nitrogens with one attached hydrogen (secondary N) is 1. The largest absolute Gasteiger partial charge is 0.459 e. The number of furan rings is 1. The first-order valence-electron chi connectivity index (χ1n) is 7.23. The molecule has 0 fully saturated rings. The second-order valence-electron chi connectivity index (χ2n) is 5.19. The van der Waals surface area contributed by atoms with E-state index in [1.54, 1.807) is 12.1 Å². The zero-order valence-electron chi connectivity index (χ0n) is 13.1. The highest BCUT2D eigenvalue weighted by Crippen LogP contribution is 2.21. The third-order valence-electron chi connectivity index (χ3n) is 3.50. The van der Waals surface area contributed by atoms with Gasteiger partial charge >= 0.3 is 0 Å². The van der Waals surface area contributed by atoms with Gasteiger partial charge in [-0.05, 0) is 24.6 Å². The predicted octanol–water partition coefficient (Wildman–Crippen LogP) is 2.03. The molecule has 0 spiro atoms. The molecule has 6 nitrogen and oxygen atoms in total. The molecule has 124 valence electrons. The van der Waals surface area contributed by atoms with Crippen LogP contribution >= 0.6 is 0 Å². The molecule has 1 atom stereocenters. The van der Waals surface area contributed by atoms with Crippen LogP contribution in [0, 0.1) is 0 Å². The molecule has 1 heterocycles. The highest BCUT2D eigenvalue weighted by atomic mass is 32.2. The predicted molar refractivity (Wildman–Crippen MR) is 87.4 cm³/mol. The van der Waals surface area contributed by atoms with E-state index in [-0.39, 0.29) is 30.8 Å². The van der Waals surface area contributed by atoms with Crippen LogP contribution in [-0.4, -0.2) is 38.0 Å². The van der Waals surface area contributed by atoms with Crippen molar-refractivity contribution < 1.29 is 17.6 Å². The van der Waals surface area contributed by atoms with Crippen LogP contribution in [0.4, 0.5) is 0 Å². The number of sulfonamides is 1. The first-order chi connectivity index (χ1) is 10.9. The summed E-state index contributed by atoms with van der Waals surface area (Å²) in [7, 11) is -3.41. The summed E-state index contributed by atoms with van der Waals surface area (Å²) in [6.07, 6.45) is 2.58. The number of nitrogens with zero attached hydrogens (tertiary/aromatic N) is 1. The normalized spacial score (nSPS) is 13.0. The summed E-state index contributed by atoms with van der Waals surface area (Å²) in [6, 6.07) is 12.2. The van der Waals surface area contributed by atoms with E-state index in [4.69, 9.17) is 4.42 Å². The Morgan fingerprint density at radius 3 is 2.48 bits per heavy atom. The van der Waals surface area contributed by atoms with Gasteiger partial charge in [0.2, 0.25) is 10.0 Å². The van der Waals surface area contributed by atoms with E-state index in [9.17, 15) is 13.2 Å². The van der Waals surface area contributed by atoms with E-state index >= 15 is 0 Å². The van der Waals surface area contributed by atoms with Crippen molar-refractivity contribution in [3.05, 3.63) is 60.1 Å². The van der Waals surface area contributed by atoms with Gasteiger partial charge in [-0.3, -0.25) is 4.79 Å². The van der Waals surface area contributed by atoms with Gasteiger partial charge in [0.25, 0.3) is 5.91 Å². The molecule has 2 aromatic rings. The van der Waals surface area contributed by atoms with Crippen molar-refractivity contribution in [3.8, 4) is 0 Å². The van der Waals surface area contributed by atoms with Crippen molar-refractivity contribution in [2.45, 2.75) is 13.0 Å². The van der Waals surface area contributed by atoms with E-state index in [2.05, 4.69) is 5.32 Å². The molecule has 7 heteroatoms. The average Bonchev–Trinajstić information content (AvgIpc) is 3.05. The van der Waals surface area contributed by atoms with E-state index in [0.717, 1.165) is 5.56 Å². The Morgan fingerprint density at radius 2 is 1.91 bits per heavy atom. The molecule has 1 N–H and O–H groups in total. The van der Waals surface area contributed by atoms with Crippen LogP contribution in [0.5, 0.6) is 0 Å². The summed E-state index contributed by atoms with van der Waals surface area (Å²) >= 11 is 0. The highest BCUT2D eigenvalue weighted by molar-refractivity contribution is 7.88. The quantitative estimate of drug-likeness (QED) is 0.839. The minimum Gasteiger partial charge on any atom is -0.459 e. The monoisotopic (exact) mass is 336 g/mol. The highest BCUT2D eigenvalue weighted by Gasteiger charge is 2.24. The number of benzene rings is 1. The lowest BCUT2D eigenvalue weighted by molar-refractivity contribution is 0.0923. The van der Waals surface area contributed by atoms with Crippen LogP contribution in [0.3, 0.4) is 0 Å². The van der Waals surface area contributed by atoms with Gasteiger partial charge in [-0.25, -0.2) is 8.42 Å². The van der Waals surface area contributed by atoms with Gasteiger partial charge in [0, 0.05) is 19.1 Å². The summed E-state index contributed by atoms with van der Waals surface area (Å²) in [5.74, 6) is -0.164. The van der Waals surface area contributed by atoms with Crippen molar-refractivity contribution >= 4 is 15.9 Å². The van der Waals surface area contributed by atoms with Gasteiger partial charge in [0.15, 0.2) is 5.76 Å². The van der Waals surface area contributed by atoms with Crippen LogP contribution in [0.2, 0.25) is 0 Å². The summed E-state index contributed by atoms with van der Waals surface area (Å²) < 4.78 is 30.4. The summed E-state index contributed by atoms with van der Waals surface area (Å²) in [5.41, 5.74) is 0.898. The van der Waals surface area contributed by atoms with Crippen molar-refractivity contribution in [1.82, 2.24) is 9.62 Å². The van der Waals surface area contributed by atoms with Gasteiger partial charge in [-0.1, -0.05) is 30.3 Å². The second kappa shape index (κ2) is 7.43. The Hall–Kier alpha value is -2.12. The third-order valence-corrected chi connectivity index (χ3v) is 4.85. The maximum atomic E-state index is 12.0. The molecule has 23 heavy (non-hydrogen) atoms. The van der Waals surface area contributed by atoms with Gasteiger partial charge in [-0.15, -0.1) is 0 Å². The molecule has 0 aliphatic heterocycles. The smallest absolute Gasteiger partial charge is 0.287 e. The van der Waals surface area contributed by atoms with Gasteiger partial charge in [-0.2, -0.15) is 4.31 Å². The van der Waals surface area contributed by atoms with Gasteiger partial charge in [0.05, 0.1) is 12.5 Å². The van der Waals surface area contributed by atoms with Crippen molar-refractivity contribution in [1.29, 1.82) is 0 Å². The minimum atomic E-state index is -3.41. The topological polar surface area (TPSA) is 79.6 Å². The minimum absolute atomic E-state index is 0.182. The zero-order valence-corrected chi connectivity index (χ0v) is 13.9. The fourth-order valence-electron chi connectivity index (χ4n) is 2.32. The van der Waals surface area contributed by atoms with E-state index < -0.39 is 10.0 Å². The van der Waals surface area contributed by atoms with Crippen LogP contribution in [0.15, 0.2) is 53.1 Å². The summed E-state index contributed by atoms with van der Waals surface area (Å²) in [4.78, 5) is 11.8. The first-order valence-corrected chi connectivity index (χ1v) is 9.08. The van der Waals surface area contributed by atoms with Crippen LogP contribution in [0.25, 0.3) is 0 Å². The third kappa shape index (κ3) is 4.67. The zero-order chi connectivity index (χ0) is 16.9. The van der Waals surface area contributed by atoms with Crippen LogP contribution < -0.4 is 5.32 Å². The Kier molecular flexibility index (Phi) is 5.57. The summed E-state index contributed by atoms with van der Waals surface area (Å²) in [5, 5.41) is 2.66. The number of carbonyl (C=O) groups excluding carboxylic acids is 1. The molecule has 0 aliphatic carbocycles. The standard InChI is InChI=1S/C16H20N2O4S/c1-13(14-7-4-3-5-8-14)18(23(2,20)21)11-10-17-16(19)15-9-6-12-22-15/h3-9,12-13H,10-11H2,1-2H3,(H,17,19). The van der Waals surface area contributed by atoms with E-state index in [1.807, 2.05) is 37.3 Å². The molecule has 0 bridgehead atoms. The number of rotatable bonds is 7. The Morgan fingerprint density at radius 1 is 1.22 bits per heavy atom. The molecule has 1 unspecified atom stereocenters. The van der Waals surface area contributed by atoms with Gasteiger partial charge in [0.1, 0.15) is 0 Å². The molecule has 2 rings (SSSR count). The first kappa shape index (κ1) is 17.2. The Labute approximate surface area is 136 Å². The lowest BCUT2D eigenvalue weighted by Crippen LogP contribution is -2.39. The number of carbonyl (C=O) groups is 1. The molecule has 1 amide bonds. The molecule has 0 aliphatic rings. The van der Waals surface area contributed by atoms with Crippen molar-refractivity contribution in [2.24, 2.45) is 0 Å². The fraction of sp³-hybridized carbons (Fsp3) is 0.312. The molecular weight excluding hydrogens is 316 g/mol. The lowest BCUT2D eigenvalue weighted by Gasteiger charge is -2.27. The molecule has 1 aromatic heterocycles. The second-order valence-corrected chi connectivity index (χ2v) is 7.13. The van der Waals surface area contributed by atoms with Crippen molar-refractivity contribution in [2.75, 3.05) is 19.3 Å². The van der Waals surface area contributed by atoms with E-state index in [1.165, 1.54) is 16.8 Å². The summed E-state index contributed by atoms with van der Waals surface area (Å²) in [6.45, 7) is 2.20. The molecule has 0 saturated heterocycles. The maximum Gasteiger partial charge on any atom is 0.287 e.